The number of benzene rings is 1. The molecule has 0 unspecified atom stereocenters. The van der Waals surface area contributed by atoms with Crippen LogP contribution >= 0.6 is 11.3 Å². The van der Waals surface area contributed by atoms with Crippen molar-refractivity contribution in [2.75, 3.05) is 19.7 Å². The van der Waals surface area contributed by atoms with Gasteiger partial charge in [0.15, 0.2) is 0 Å². The Labute approximate surface area is 145 Å². The first-order valence-corrected chi connectivity index (χ1v) is 9.34. The van der Waals surface area contributed by atoms with Crippen LogP contribution in [0.2, 0.25) is 0 Å². The van der Waals surface area contributed by atoms with Gasteiger partial charge in [0.1, 0.15) is 5.01 Å². The van der Waals surface area contributed by atoms with Crippen LogP contribution in [0.15, 0.2) is 36.5 Å². The summed E-state index contributed by atoms with van der Waals surface area (Å²) in [6.07, 6.45) is 4.35. The van der Waals surface area contributed by atoms with Gasteiger partial charge in [-0.2, -0.15) is 5.10 Å². The highest BCUT2D eigenvalue weighted by molar-refractivity contribution is 7.18. The van der Waals surface area contributed by atoms with Gasteiger partial charge in [-0.05, 0) is 37.6 Å². The van der Waals surface area contributed by atoms with Gasteiger partial charge in [-0.3, -0.25) is 9.58 Å². The molecule has 1 saturated heterocycles. The van der Waals surface area contributed by atoms with Crippen molar-refractivity contribution in [2.45, 2.75) is 31.8 Å². The summed E-state index contributed by atoms with van der Waals surface area (Å²) in [5.41, 5.74) is 2.26. The van der Waals surface area contributed by atoms with E-state index in [-0.39, 0.29) is 6.61 Å². The summed E-state index contributed by atoms with van der Waals surface area (Å²) in [6, 6.07) is 10.4. The zero-order valence-corrected chi connectivity index (χ0v) is 14.5. The summed E-state index contributed by atoms with van der Waals surface area (Å²) in [5.74, 6) is 0.480. The molecule has 24 heavy (non-hydrogen) atoms. The van der Waals surface area contributed by atoms with Gasteiger partial charge in [0, 0.05) is 18.7 Å². The molecule has 1 N–H and O–H groups in total. The van der Waals surface area contributed by atoms with Crippen molar-refractivity contribution >= 4 is 21.6 Å². The van der Waals surface area contributed by atoms with Gasteiger partial charge in [0.2, 0.25) is 0 Å². The molecule has 0 radical (unpaired) electrons. The molecule has 3 heterocycles. The minimum absolute atomic E-state index is 0.134. The molecule has 6 heteroatoms. The minimum atomic E-state index is 0.134. The first-order chi connectivity index (χ1) is 11.8. The number of fused-ring (bicyclic) bond motifs is 1. The lowest BCUT2D eigenvalue weighted by Crippen LogP contribution is -2.34. The maximum atomic E-state index is 9.03. The van der Waals surface area contributed by atoms with E-state index in [1.54, 1.807) is 11.3 Å². The molecule has 1 aliphatic rings. The van der Waals surface area contributed by atoms with E-state index >= 15 is 0 Å². The Morgan fingerprint density at radius 2 is 2.17 bits per heavy atom. The minimum Gasteiger partial charge on any atom is -0.394 e. The van der Waals surface area contributed by atoms with Crippen LogP contribution in [0.1, 0.15) is 29.5 Å². The maximum absolute atomic E-state index is 9.03. The van der Waals surface area contributed by atoms with Gasteiger partial charge < -0.3 is 5.11 Å². The molecule has 0 amide bonds. The maximum Gasteiger partial charge on any atom is 0.108 e. The van der Waals surface area contributed by atoms with Crippen LogP contribution in [0, 0.1) is 0 Å². The number of rotatable bonds is 5. The Hall–Kier alpha value is -1.76. The van der Waals surface area contributed by atoms with E-state index in [2.05, 4.69) is 34.3 Å². The molecule has 126 valence electrons. The van der Waals surface area contributed by atoms with E-state index in [9.17, 15) is 0 Å². The number of aliphatic hydroxyl groups is 1. The number of para-hydroxylation sites is 1. The van der Waals surface area contributed by atoms with E-state index in [0.717, 1.165) is 30.8 Å². The van der Waals surface area contributed by atoms with E-state index in [1.807, 2.05) is 16.9 Å². The summed E-state index contributed by atoms with van der Waals surface area (Å²) in [7, 11) is 0. The highest BCUT2D eigenvalue weighted by atomic mass is 32.1. The zero-order valence-electron chi connectivity index (χ0n) is 13.6. The average molecular weight is 342 g/mol. The fourth-order valence-corrected chi connectivity index (χ4v) is 4.45. The second-order valence-corrected chi connectivity index (χ2v) is 7.49. The fourth-order valence-electron chi connectivity index (χ4n) is 3.44. The Bertz CT molecular complexity index is 779. The molecular formula is C18H22N4OS. The highest BCUT2D eigenvalue weighted by Gasteiger charge is 2.24. The third-order valence-electron chi connectivity index (χ3n) is 4.61. The average Bonchev–Trinajstić information content (AvgIpc) is 3.21. The number of hydrogen-bond donors (Lipinski definition) is 1. The van der Waals surface area contributed by atoms with Crippen molar-refractivity contribution in [3.05, 3.63) is 47.2 Å². The topological polar surface area (TPSA) is 54.2 Å². The molecule has 0 aliphatic carbocycles. The van der Waals surface area contributed by atoms with Crippen molar-refractivity contribution < 1.29 is 5.11 Å². The molecule has 0 saturated carbocycles. The number of hydrogen-bond acceptors (Lipinski definition) is 5. The first-order valence-electron chi connectivity index (χ1n) is 8.53. The lowest BCUT2D eigenvalue weighted by molar-refractivity contribution is 0.197. The van der Waals surface area contributed by atoms with Gasteiger partial charge >= 0.3 is 0 Å². The molecule has 2 aromatic heterocycles. The molecule has 5 nitrogen and oxygen atoms in total. The zero-order chi connectivity index (χ0) is 16.4. The van der Waals surface area contributed by atoms with Crippen molar-refractivity contribution in [3.63, 3.8) is 0 Å². The van der Waals surface area contributed by atoms with Crippen molar-refractivity contribution in [3.8, 4) is 0 Å². The molecule has 1 fully saturated rings. The Morgan fingerprint density at radius 3 is 3.04 bits per heavy atom. The van der Waals surface area contributed by atoms with Gasteiger partial charge in [-0.25, -0.2) is 4.98 Å². The number of aromatic nitrogens is 3. The number of likely N-dealkylation sites (tertiary alicyclic amines) is 1. The van der Waals surface area contributed by atoms with Crippen LogP contribution in [-0.4, -0.2) is 44.5 Å². The van der Waals surface area contributed by atoms with Gasteiger partial charge in [-0.1, -0.05) is 12.1 Å². The summed E-state index contributed by atoms with van der Waals surface area (Å²) < 4.78 is 3.10. The van der Waals surface area contributed by atoms with Crippen LogP contribution in [0.25, 0.3) is 10.2 Å². The van der Waals surface area contributed by atoms with E-state index < -0.39 is 0 Å². The molecule has 1 aromatic carbocycles. The summed E-state index contributed by atoms with van der Waals surface area (Å²) >= 11 is 1.80. The Kier molecular flexibility index (Phi) is 4.60. The van der Waals surface area contributed by atoms with Crippen LogP contribution in [0.3, 0.4) is 0 Å². The number of piperidine rings is 1. The summed E-state index contributed by atoms with van der Waals surface area (Å²) in [6.45, 7) is 3.79. The number of thiazole rings is 1. The largest absolute Gasteiger partial charge is 0.394 e. The summed E-state index contributed by atoms with van der Waals surface area (Å²) in [5, 5.41) is 14.8. The molecule has 0 bridgehead atoms. The molecule has 1 aliphatic heterocycles. The normalized spacial score (nSPS) is 19.1. The third kappa shape index (κ3) is 3.36. The molecular weight excluding hydrogens is 320 g/mol. The van der Waals surface area contributed by atoms with Crippen molar-refractivity contribution in [2.24, 2.45) is 0 Å². The van der Waals surface area contributed by atoms with Gasteiger partial charge in [0.05, 0.1) is 35.6 Å². The van der Waals surface area contributed by atoms with E-state index in [0.29, 0.717) is 12.5 Å². The molecule has 1 atom stereocenters. The monoisotopic (exact) mass is 342 g/mol. The van der Waals surface area contributed by atoms with Crippen molar-refractivity contribution in [1.29, 1.82) is 0 Å². The van der Waals surface area contributed by atoms with Crippen molar-refractivity contribution in [1.82, 2.24) is 19.7 Å². The predicted molar refractivity (Wildman–Crippen MR) is 96.2 cm³/mol. The summed E-state index contributed by atoms with van der Waals surface area (Å²) in [4.78, 5) is 7.26. The number of nitrogens with zero attached hydrogens (tertiary/aromatic N) is 4. The smallest absolute Gasteiger partial charge is 0.108 e. The molecule has 3 aromatic rings. The van der Waals surface area contributed by atoms with Gasteiger partial charge in [0.25, 0.3) is 0 Å². The van der Waals surface area contributed by atoms with Crippen LogP contribution < -0.4 is 0 Å². The highest BCUT2D eigenvalue weighted by Crippen LogP contribution is 2.28. The molecule has 4 rings (SSSR count). The lowest BCUT2D eigenvalue weighted by atomic mass is 9.95. The Balaban J connectivity index is 1.44. The molecule has 0 spiro atoms. The van der Waals surface area contributed by atoms with Gasteiger partial charge in [-0.15, -0.1) is 11.3 Å². The lowest BCUT2D eigenvalue weighted by Gasteiger charge is -2.31. The van der Waals surface area contributed by atoms with E-state index in [1.165, 1.54) is 22.5 Å². The standard InChI is InChI=1S/C18H22N4OS/c23-11-10-22-9-7-15(20-22)14-4-3-8-21(12-14)13-18-19-16-5-1-2-6-17(16)24-18/h1-2,5-7,9,14,23H,3-4,8,10-13H2/t14-/m0/s1. The number of aliphatic hydroxyl groups excluding tert-OH is 1. The second kappa shape index (κ2) is 7.01. The SMILES string of the molecule is OCCn1ccc([C@H]2CCCN(Cc3nc4ccccc4s3)C2)n1. The van der Waals surface area contributed by atoms with Crippen LogP contribution in [0.4, 0.5) is 0 Å². The fraction of sp³-hybridized carbons (Fsp3) is 0.444. The first kappa shape index (κ1) is 15.7. The van der Waals surface area contributed by atoms with Crippen LogP contribution in [0.5, 0.6) is 0 Å². The Morgan fingerprint density at radius 1 is 1.25 bits per heavy atom. The predicted octanol–water partition coefficient (Wildman–Crippen LogP) is 2.86. The second-order valence-electron chi connectivity index (χ2n) is 6.38. The van der Waals surface area contributed by atoms with E-state index in [4.69, 9.17) is 10.1 Å². The third-order valence-corrected chi connectivity index (χ3v) is 5.63. The quantitative estimate of drug-likeness (QED) is 0.775. The van der Waals surface area contributed by atoms with Crippen LogP contribution in [-0.2, 0) is 13.1 Å².